The summed E-state index contributed by atoms with van der Waals surface area (Å²) >= 11 is 1.80. The zero-order valence-electron chi connectivity index (χ0n) is 14.6. The second kappa shape index (κ2) is 7.63. The zero-order valence-corrected chi connectivity index (χ0v) is 15.5. The first-order valence-corrected chi connectivity index (χ1v) is 9.96. The van der Waals surface area contributed by atoms with Gasteiger partial charge in [0.2, 0.25) is 11.8 Å². The van der Waals surface area contributed by atoms with Crippen LogP contribution in [0.5, 0.6) is 0 Å². The Labute approximate surface area is 156 Å². The monoisotopic (exact) mass is 373 g/mol. The van der Waals surface area contributed by atoms with Gasteiger partial charge in [0, 0.05) is 24.5 Å². The van der Waals surface area contributed by atoms with Crippen molar-refractivity contribution in [2.45, 2.75) is 38.4 Å². The number of carbonyl (C=O) groups excluding carboxylic acids is 2. The maximum atomic E-state index is 12.8. The quantitative estimate of drug-likeness (QED) is 0.871. The summed E-state index contributed by atoms with van der Waals surface area (Å²) in [4.78, 5) is 30.7. The Balaban J connectivity index is 1.32. The molecule has 4 rings (SSSR count). The maximum Gasteiger partial charge on any atom is 0.243 e. The molecule has 2 aliphatic rings. The summed E-state index contributed by atoms with van der Waals surface area (Å²) in [5.74, 6) is 0.680. The van der Waals surface area contributed by atoms with E-state index >= 15 is 0 Å². The van der Waals surface area contributed by atoms with E-state index in [4.69, 9.17) is 4.42 Å². The van der Waals surface area contributed by atoms with Gasteiger partial charge < -0.3 is 14.6 Å². The number of fused-ring (bicyclic) bond motifs is 1. The molecule has 1 N–H and O–H groups in total. The fraction of sp³-hybridized carbons (Fsp3) is 0.474. The molecule has 7 heteroatoms. The number of likely N-dealkylation sites (tertiary alicyclic amines) is 1. The zero-order chi connectivity index (χ0) is 17.9. The van der Waals surface area contributed by atoms with Crippen molar-refractivity contribution >= 4 is 23.2 Å². The molecule has 6 nitrogen and oxygen atoms in total. The topological polar surface area (TPSA) is 65.8 Å². The molecule has 1 unspecified atom stereocenters. The van der Waals surface area contributed by atoms with E-state index in [1.165, 1.54) is 10.4 Å². The van der Waals surface area contributed by atoms with Gasteiger partial charge in [0.1, 0.15) is 11.8 Å². The van der Waals surface area contributed by atoms with E-state index < -0.39 is 0 Å². The number of furan rings is 1. The Morgan fingerprint density at radius 3 is 3.08 bits per heavy atom. The Hall–Kier alpha value is -2.12. The molecule has 1 saturated heterocycles. The number of amides is 2. The summed E-state index contributed by atoms with van der Waals surface area (Å²) in [5, 5.41) is 5.01. The second-order valence-corrected chi connectivity index (χ2v) is 7.87. The van der Waals surface area contributed by atoms with E-state index in [1.807, 2.05) is 6.07 Å². The summed E-state index contributed by atoms with van der Waals surface area (Å²) in [6, 6.07) is 5.41. The molecular weight excluding hydrogens is 350 g/mol. The molecule has 4 heterocycles. The molecule has 0 aliphatic carbocycles. The van der Waals surface area contributed by atoms with Gasteiger partial charge in [0.25, 0.3) is 0 Å². The van der Waals surface area contributed by atoms with Crippen molar-refractivity contribution in [2.24, 2.45) is 0 Å². The molecule has 1 atom stereocenters. The van der Waals surface area contributed by atoms with Crippen molar-refractivity contribution in [3.8, 4) is 0 Å². The van der Waals surface area contributed by atoms with Crippen LogP contribution in [0.4, 0.5) is 0 Å². The van der Waals surface area contributed by atoms with Crippen LogP contribution in [-0.4, -0.2) is 47.3 Å². The third kappa shape index (κ3) is 3.68. The average Bonchev–Trinajstić information content (AvgIpc) is 3.40. The normalized spacial score (nSPS) is 20.2. The van der Waals surface area contributed by atoms with Crippen molar-refractivity contribution in [1.29, 1.82) is 0 Å². The van der Waals surface area contributed by atoms with Gasteiger partial charge in [-0.2, -0.15) is 0 Å². The van der Waals surface area contributed by atoms with E-state index in [-0.39, 0.29) is 17.9 Å². The lowest BCUT2D eigenvalue weighted by Crippen LogP contribution is -2.49. The van der Waals surface area contributed by atoms with Gasteiger partial charge in [-0.1, -0.05) is 0 Å². The predicted octanol–water partition coefficient (Wildman–Crippen LogP) is 2.01. The Morgan fingerprint density at radius 1 is 1.31 bits per heavy atom. The molecule has 2 aromatic heterocycles. The van der Waals surface area contributed by atoms with Crippen molar-refractivity contribution in [1.82, 2.24) is 15.1 Å². The molecule has 0 bridgehead atoms. The van der Waals surface area contributed by atoms with Crippen LogP contribution in [0.3, 0.4) is 0 Å². The van der Waals surface area contributed by atoms with E-state index in [2.05, 4.69) is 21.7 Å². The second-order valence-electron chi connectivity index (χ2n) is 6.87. The van der Waals surface area contributed by atoms with Crippen molar-refractivity contribution < 1.29 is 14.0 Å². The van der Waals surface area contributed by atoms with Gasteiger partial charge >= 0.3 is 0 Å². The molecule has 138 valence electrons. The number of nitrogens with one attached hydrogen (secondary N) is 1. The summed E-state index contributed by atoms with van der Waals surface area (Å²) < 4.78 is 5.24. The van der Waals surface area contributed by atoms with E-state index in [1.54, 1.807) is 28.6 Å². The molecule has 0 aromatic carbocycles. The van der Waals surface area contributed by atoms with Crippen LogP contribution < -0.4 is 5.32 Å². The molecule has 2 amide bonds. The highest BCUT2D eigenvalue weighted by Gasteiger charge is 2.34. The highest BCUT2D eigenvalue weighted by atomic mass is 32.1. The molecule has 2 aliphatic heterocycles. The molecule has 1 fully saturated rings. The van der Waals surface area contributed by atoms with Crippen molar-refractivity contribution in [3.05, 3.63) is 46.0 Å². The number of nitrogens with zero attached hydrogens (tertiary/aromatic N) is 2. The van der Waals surface area contributed by atoms with Gasteiger partial charge in [-0.05, 0) is 48.4 Å². The van der Waals surface area contributed by atoms with Crippen LogP contribution in [0.1, 0.15) is 29.0 Å². The fourth-order valence-corrected chi connectivity index (χ4v) is 4.66. The first-order chi connectivity index (χ1) is 12.7. The van der Waals surface area contributed by atoms with Gasteiger partial charge in [-0.25, -0.2) is 0 Å². The van der Waals surface area contributed by atoms with Crippen LogP contribution in [-0.2, 0) is 29.1 Å². The van der Waals surface area contributed by atoms with E-state index in [0.717, 1.165) is 32.4 Å². The molecule has 0 radical (unpaired) electrons. The summed E-state index contributed by atoms with van der Waals surface area (Å²) in [6.07, 6.45) is 4.20. The minimum Gasteiger partial charge on any atom is -0.467 e. The third-order valence-electron chi connectivity index (χ3n) is 5.14. The van der Waals surface area contributed by atoms with Crippen LogP contribution in [0.2, 0.25) is 0 Å². The maximum absolute atomic E-state index is 12.8. The van der Waals surface area contributed by atoms with E-state index in [9.17, 15) is 9.59 Å². The van der Waals surface area contributed by atoms with Gasteiger partial charge in [0.15, 0.2) is 0 Å². The van der Waals surface area contributed by atoms with Crippen LogP contribution >= 0.6 is 11.3 Å². The minimum atomic E-state index is -0.362. The summed E-state index contributed by atoms with van der Waals surface area (Å²) in [7, 11) is 0. The lowest BCUT2D eigenvalue weighted by atomic mass is 10.1. The minimum absolute atomic E-state index is 0.0549. The van der Waals surface area contributed by atoms with Gasteiger partial charge in [-0.15, -0.1) is 11.3 Å². The highest BCUT2D eigenvalue weighted by Crippen LogP contribution is 2.24. The van der Waals surface area contributed by atoms with E-state index in [0.29, 0.717) is 25.4 Å². The Morgan fingerprint density at radius 2 is 2.23 bits per heavy atom. The third-order valence-corrected chi connectivity index (χ3v) is 6.16. The number of rotatable bonds is 5. The average molecular weight is 373 g/mol. The number of thiophene rings is 1. The lowest BCUT2D eigenvalue weighted by Gasteiger charge is -2.30. The van der Waals surface area contributed by atoms with Crippen LogP contribution in [0.25, 0.3) is 0 Å². The molecule has 0 saturated carbocycles. The molecular formula is C19H23N3O3S. The molecule has 26 heavy (non-hydrogen) atoms. The SMILES string of the molecule is O=C(NCc1ccco1)C1CCCN1C(=O)CN1CCc2sccc2C1. The number of hydrogen-bond acceptors (Lipinski definition) is 5. The highest BCUT2D eigenvalue weighted by molar-refractivity contribution is 7.10. The van der Waals surface area contributed by atoms with Crippen molar-refractivity contribution in [2.75, 3.05) is 19.6 Å². The Kier molecular flexibility index (Phi) is 5.08. The number of carbonyl (C=O) groups is 2. The first kappa shape index (κ1) is 17.3. The van der Waals surface area contributed by atoms with Gasteiger partial charge in [0.05, 0.1) is 19.4 Å². The largest absolute Gasteiger partial charge is 0.467 e. The smallest absolute Gasteiger partial charge is 0.243 e. The van der Waals surface area contributed by atoms with Crippen LogP contribution in [0.15, 0.2) is 34.3 Å². The standard InChI is InChI=1S/C19H23N3O3S/c23-18(13-21-8-5-17-14(12-21)6-10-26-17)22-7-1-4-16(22)19(24)20-11-15-3-2-9-25-15/h2-3,6,9-10,16H,1,4-5,7-8,11-13H2,(H,20,24). The Bertz CT molecular complexity index is 771. The molecule has 0 spiro atoms. The predicted molar refractivity (Wildman–Crippen MR) is 98.6 cm³/mol. The van der Waals surface area contributed by atoms with Crippen LogP contribution in [0, 0.1) is 0 Å². The number of hydrogen-bond donors (Lipinski definition) is 1. The summed E-state index contributed by atoms with van der Waals surface area (Å²) in [5.41, 5.74) is 1.34. The fourth-order valence-electron chi connectivity index (χ4n) is 3.77. The lowest BCUT2D eigenvalue weighted by molar-refractivity contribution is -0.139. The summed E-state index contributed by atoms with van der Waals surface area (Å²) in [6.45, 7) is 3.14. The van der Waals surface area contributed by atoms with Gasteiger partial charge in [-0.3, -0.25) is 14.5 Å². The first-order valence-electron chi connectivity index (χ1n) is 9.08. The van der Waals surface area contributed by atoms with Crippen molar-refractivity contribution in [3.63, 3.8) is 0 Å². The molecule has 2 aromatic rings.